The first kappa shape index (κ1) is 22.6. The molecule has 0 aliphatic carbocycles. The fourth-order valence-electron chi connectivity index (χ4n) is 2.01. The zero-order valence-corrected chi connectivity index (χ0v) is 13.5. The van der Waals surface area contributed by atoms with Crippen LogP contribution in [0.15, 0.2) is 0 Å². The average Bonchev–Trinajstić information content (AvgIpc) is 2.57. The molecule has 1 fully saturated rings. The molecule has 7 N–H and O–H groups in total. The molecule has 1 aliphatic rings. The standard InChI is InChI=1S/C12H22N2O12/c15-7(1-3-13(20)21)24-5-6-9(17)10(18)11(19)12(25-6)26-8(16)2-4-14(22)23/h6,9-14,17-20,22H,1-5H2/t6-,9-,10+,11-,12+/m1/s1. The zero-order valence-electron chi connectivity index (χ0n) is 13.5. The summed E-state index contributed by atoms with van der Waals surface area (Å²) in [7, 11) is 0. The maximum absolute atomic E-state index is 11.5. The molecular formula is C12H22N2O12. The van der Waals surface area contributed by atoms with Gasteiger partial charge in [-0.05, 0) is 0 Å². The lowest BCUT2D eigenvalue weighted by atomic mass is 9.99. The predicted molar refractivity (Wildman–Crippen MR) is 74.9 cm³/mol. The minimum atomic E-state index is -1.81. The van der Waals surface area contributed by atoms with E-state index in [0.717, 1.165) is 0 Å². The summed E-state index contributed by atoms with van der Waals surface area (Å²) in [5.41, 5.74) is 0. The maximum atomic E-state index is 11.5. The lowest BCUT2D eigenvalue weighted by Gasteiger charge is -2.39. The van der Waals surface area contributed by atoms with E-state index in [-0.39, 0.29) is 0 Å². The normalized spacial score (nSPS) is 31.1. The van der Waals surface area contributed by atoms with Crippen LogP contribution < -0.4 is 10.5 Å². The third-order valence-corrected chi connectivity index (χ3v) is 3.41. The van der Waals surface area contributed by atoms with E-state index in [1.807, 2.05) is 0 Å². The van der Waals surface area contributed by atoms with Gasteiger partial charge in [0.05, 0.1) is 12.8 Å². The number of carbonyl (C=O) groups is 2. The molecule has 1 saturated heterocycles. The maximum Gasteiger partial charge on any atom is 0.314 e. The van der Waals surface area contributed by atoms with E-state index in [1.165, 1.54) is 0 Å². The summed E-state index contributed by atoms with van der Waals surface area (Å²) in [6.07, 6.45) is -9.27. The molecular weight excluding hydrogens is 364 g/mol. The Labute approximate surface area is 146 Å². The SMILES string of the molecule is O=C(CC[NH+]([O-])O)OC[C@H]1O[C@@H](OC(=O)CC[NH+]([O-])O)[C@H](O)[C@@H](O)[C@@H]1O. The summed E-state index contributed by atoms with van der Waals surface area (Å²) in [5, 5.41) is 64.7. The van der Waals surface area contributed by atoms with E-state index in [9.17, 15) is 35.3 Å². The summed E-state index contributed by atoms with van der Waals surface area (Å²) >= 11 is 0. The van der Waals surface area contributed by atoms with Crippen LogP contribution in [0.3, 0.4) is 0 Å². The molecule has 0 aromatic carbocycles. The second kappa shape index (κ2) is 10.6. The molecule has 2 unspecified atom stereocenters. The first-order valence-corrected chi connectivity index (χ1v) is 7.60. The number of aliphatic hydroxyl groups is 3. The first-order chi connectivity index (χ1) is 12.1. The topological polar surface area (TPSA) is 218 Å². The number of carbonyl (C=O) groups excluding carboxylic acids is 2. The second-order valence-electron chi connectivity index (χ2n) is 5.48. The van der Waals surface area contributed by atoms with E-state index < -0.39 is 85.6 Å². The fraction of sp³-hybridized carbons (Fsp3) is 0.833. The molecule has 0 spiro atoms. The van der Waals surface area contributed by atoms with E-state index in [4.69, 9.17) is 24.6 Å². The van der Waals surface area contributed by atoms with Crippen LogP contribution in [-0.4, -0.2) is 88.1 Å². The van der Waals surface area contributed by atoms with Gasteiger partial charge in [-0.3, -0.25) is 9.59 Å². The molecule has 1 heterocycles. The summed E-state index contributed by atoms with van der Waals surface area (Å²) in [6, 6.07) is 0. The Morgan fingerprint density at radius 3 is 2.00 bits per heavy atom. The quantitative estimate of drug-likeness (QED) is 0.146. The van der Waals surface area contributed by atoms with Crippen LogP contribution in [0.25, 0.3) is 0 Å². The van der Waals surface area contributed by atoms with Gasteiger partial charge >= 0.3 is 11.9 Å². The highest BCUT2D eigenvalue weighted by Gasteiger charge is 2.46. The number of hydroxylamine groups is 4. The molecule has 7 atom stereocenters. The number of hydrogen-bond donors (Lipinski definition) is 7. The number of ether oxygens (including phenoxy) is 3. The van der Waals surface area contributed by atoms with Gasteiger partial charge in [-0.15, -0.1) is 0 Å². The Bertz CT molecular complexity index is 459. The van der Waals surface area contributed by atoms with Crippen molar-refractivity contribution in [3.8, 4) is 0 Å². The number of rotatable bonds is 9. The Hall–Kier alpha value is -1.46. The lowest BCUT2D eigenvalue weighted by molar-refractivity contribution is -1.05. The largest absolute Gasteiger partial charge is 0.600 e. The van der Waals surface area contributed by atoms with Crippen molar-refractivity contribution in [3.05, 3.63) is 10.4 Å². The number of nitrogens with one attached hydrogen (secondary N) is 2. The highest BCUT2D eigenvalue weighted by atomic mass is 16.8. The van der Waals surface area contributed by atoms with Crippen LogP contribution >= 0.6 is 0 Å². The van der Waals surface area contributed by atoms with Crippen molar-refractivity contribution in [2.45, 2.75) is 43.5 Å². The van der Waals surface area contributed by atoms with Gasteiger partial charge in [0, 0.05) is 0 Å². The fourth-order valence-corrected chi connectivity index (χ4v) is 2.01. The summed E-state index contributed by atoms with van der Waals surface area (Å²) in [4.78, 5) is 22.9. The molecule has 0 saturated carbocycles. The van der Waals surface area contributed by atoms with Crippen molar-refractivity contribution >= 4 is 11.9 Å². The molecule has 0 amide bonds. The number of hydrogen-bond acceptors (Lipinski definition) is 12. The van der Waals surface area contributed by atoms with Gasteiger partial charge in [0.25, 0.3) is 0 Å². The summed E-state index contributed by atoms with van der Waals surface area (Å²) < 4.78 is 14.5. The Morgan fingerprint density at radius 2 is 1.46 bits per heavy atom. The van der Waals surface area contributed by atoms with Gasteiger partial charge in [-0.25, -0.2) is 20.9 Å². The smallest absolute Gasteiger partial charge is 0.314 e. The van der Waals surface area contributed by atoms with Crippen LogP contribution in [0, 0.1) is 10.4 Å². The lowest BCUT2D eigenvalue weighted by Crippen LogP contribution is -3.04. The van der Waals surface area contributed by atoms with Crippen LogP contribution in [-0.2, 0) is 23.8 Å². The Balaban J connectivity index is 2.55. The van der Waals surface area contributed by atoms with Crippen LogP contribution in [0.1, 0.15) is 12.8 Å². The van der Waals surface area contributed by atoms with Crippen molar-refractivity contribution in [2.75, 3.05) is 19.7 Å². The predicted octanol–water partition coefficient (Wildman–Crippen LogP) is -5.80. The zero-order chi connectivity index (χ0) is 19.9. The van der Waals surface area contributed by atoms with E-state index >= 15 is 0 Å². The van der Waals surface area contributed by atoms with Crippen LogP contribution in [0.4, 0.5) is 0 Å². The van der Waals surface area contributed by atoms with Gasteiger partial charge in [0.2, 0.25) is 6.29 Å². The van der Waals surface area contributed by atoms with Gasteiger partial charge < -0.3 is 39.9 Å². The molecule has 14 heteroatoms. The van der Waals surface area contributed by atoms with E-state index in [0.29, 0.717) is 0 Å². The summed E-state index contributed by atoms with van der Waals surface area (Å²) in [5.74, 6) is -1.91. The third kappa shape index (κ3) is 7.42. The van der Waals surface area contributed by atoms with Crippen molar-refractivity contribution in [1.82, 2.24) is 0 Å². The number of quaternary nitrogens is 2. The van der Waals surface area contributed by atoms with Gasteiger partial charge in [-0.1, -0.05) is 0 Å². The molecule has 1 rings (SSSR count). The molecule has 1 aliphatic heterocycles. The van der Waals surface area contributed by atoms with Gasteiger partial charge in [-0.2, -0.15) is 0 Å². The Morgan fingerprint density at radius 1 is 0.923 bits per heavy atom. The number of esters is 2. The molecule has 26 heavy (non-hydrogen) atoms. The van der Waals surface area contributed by atoms with Crippen molar-refractivity contribution in [2.24, 2.45) is 0 Å². The van der Waals surface area contributed by atoms with E-state index in [1.54, 1.807) is 0 Å². The molecule has 14 nitrogen and oxygen atoms in total. The van der Waals surface area contributed by atoms with Crippen molar-refractivity contribution in [1.29, 1.82) is 0 Å². The van der Waals surface area contributed by atoms with Crippen LogP contribution in [0.2, 0.25) is 0 Å². The minimum absolute atomic E-state index is 0.420. The molecule has 0 bridgehead atoms. The minimum Gasteiger partial charge on any atom is -0.600 e. The van der Waals surface area contributed by atoms with Gasteiger partial charge in [0.1, 0.15) is 44.1 Å². The first-order valence-electron chi connectivity index (χ1n) is 7.60. The second-order valence-corrected chi connectivity index (χ2v) is 5.48. The summed E-state index contributed by atoms with van der Waals surface area (Å²) in [6.45, 7) is -1.57. The van der Waals surface area contributed by atoms with Crippen molar-refractivity contribution in [3.63, 3.8) is 0 Å². The van der Waals surface area contributed by atoms with Gasteiger partial charge in [0.15, 0.2) is 0 Å². The third-order valence-electron chi connectivity index (χ3n) is 3.41. The Kier molecular flexibility index (Phi) is 9.23. The average molecular weight is 386 g/mol. The molecule has 0 radical (unpaired) electrons. The highest BCUT2D eigenvalue weighted by Crippen LogP contribution is 2.22. The molecule has 0 aromatic heterocycles. The van der Waals surface area contributed by atoms with E-state index in [2.05, 4.69) is 0 Å². The van der Waals surface area contributed by atoms with Crippen LogP contribution in [0.5, 0.6) is 0 Å². The monoisotopic (exact) mass is 386 g/mol. The molecule has 152 valence electrons. The highest BCUT2D eigenvalue weighted by molar-refractivity contribution is 5.69. The van der Waals surface area contributed by atoms with Crippen molar-refractivity contribution < 1.29 is 60.0 Å². The molecule has 0 aromatic rings. The number of aliphatic hydroxyl groups excluding tert-OH is 3.